The summed E-state index contributed by atoms with van der Waals surface area (Å²) in [6, 6.07) is 0. The lowest BCUT2D eigenvalue weighted by atomic mass is 11.0. The molecule has 7 heavy (non-hydrogen) atoms. The van der Waals surface area contributed by atoms with Crippen molar-refractivity contribution in [3.8, 4) is 0 Å². The summed E-state index contributed by atoms with van der Waals surface area (Å²) in [5.74, 6) is 0. The van der Waals surface area contributed by atoms with Gasteiger partial charge < -0.3 is 12.4 Å². The Hall–Kier alpha value is 0.210. The molecule has 0 heterocycles. The highest BCUT2D eigenvalue weighted by Gasteiger charge is 1.99. The van der Waals surface area contributed by atoms with E-state index >= 15 is 0 Å². The largest absolute Gasteiger partial charge is 1.00 e. The first-order valence-electron chi connectivity index (χ1n) is 1.64. The minimum absolute atomic E-state index is 0. The molecule has 0 fully saturated rings. The van der Waals surface area contributed by atoms with Crippen LogP contribution >= 0.6 is 11.6 Å². The lowest BCUT2D eigenvalue weighted by Gasteiger charge is -1.92. The standard InChI is InChI=1S/C3H6ClNO.ClH/c1-5(2)3(4)6;/h1-2H3;1H. The summed E-state index contributed by atoms with van der Waals surface area (Å²) in [6.45, 7) is 0. The molecule has 0 aliphatic rings. The van der Waals surface area contributed by atoms with Crippen molar-refractivity contribution in [3.63, 3.8) is 0 Å². The molecule has 0 spiro atoms. The van der Waals surface area contributed by atoms with Crippen LogP contribution in [0, 0.1) is 0 Å². The van der Waals surface area contributed by atoms with E-state index in [4.69, 9.17) is 11.6 Å². The fourth-order valence-corrected chi connectivity index (χ4v) is 0. The minimum Gasteiger partial charge on any atom is -1.00 e. The van der Waals surface area contributed by atoms with Crippen LogP contribution in [-0.2, 0) is 0 Å². The normalized spacial score (nSPS) is 8.00. The fourth-order valence-electron chi connectivity index (χ4n) is 0. The van der Waals surface area contributed by atoms with Gasteiger partial charge in [0.25, 0.3) is 0 Å². The molecule has 0 atom stereocenters. The van der Waals surface area contributed by atoms with Gasteiger partial charge in [-0.2, -0.15) is 0 Å². The molecule has 0 bridgehead atoms. The number of carbonyl (C=O) groups is 1. The fraction of sp³-hybridized carbons (Fsp3) is 0.667. The maximum absolute atomic E-state index is 9.87. The van der Waals surface area contributed by atoms with Crippen molar-refractivity contribution in [2.24, 2.45) is 0 Å². The molecule has 0 aromatic rings. The maximum atomic E-state index is 9.87. The molecule has 0 saturated heterocycles. The van der Waals surface area contributed by atoms with Gasteiger partial charge in [0.15, 0.2) is 0 Å². The topological polar surface area (TPSA) is 21.5 Å². The Morgan fingerprint density at radius 1 is 1.57 bits per heavy atom. The van der Waals surface area contributed by atoms with Crippen LogP contribution in [0.1, 0.15) is 0 Å². The van der Waals surface area contributed by atoms with E-state index in [9.17, 15) is 4.79 Å². The smallest absolute Gasteiger partial charge is 0.409 e. The third-order valence-electron chi connectivity index (χ3n) is 0.393. The summed E-state index contributed by atoms with van der Waals surface area (Å²) < 4.78 is 0. The zero-order valence-corrected chi connectivity index (χ0v) is 5.68. The van der Waals surface area contributed by atoms with E-state index in [1.165, 1.54) is 0 Å². The van der Waals surface area contributed by atoms with Crippen LogP contribution in [0.2, 0.25) is 0 Å². The van der Waals surface area contributed by atoms with Gasteiger partial charge in [-0.05, 0) is 0 Å². The summed E-state index contributed by atoms with van der Waals surface area (Å²) in [6.07, 6.45) is 0. The first-order valence-corrected chi connectivity index (χ1v) is 2.02. The zero-order valence-electron chi connectivity index (χ0n) is 4.16. The van der Waals surface area contributed by atoms with Crippen LogP contribution in [-0.4, -0.2) is 19.5 Å². The Morgan fingerprint density at radius 3 is 1.71 bits per heavy atom. The van der Waals surface area contributed by atoms with Crippen LogP contribution in [0.15, 0.2) is 0 Å². The second-order valence-electron chi connectivity index (χ2n) is 1.27. The van der Waals surface area contributed by atoms with Crippen molar-refractivity contribution >= 4 is 17.0 Å². The number of hydrogen-bond donors (Lipinski definition) is 1. The van der Waals surface area contributed by atoms with E-state index in [0.29, 0.717) is 4.90 Å². The quantitative estimate of drug-likeness (QED) is 0.276. The van der Waals surface area contributed by atoms with Gasteiger partial charge in [-0.1, -0.05) is 0 Å². The number of amides is 1. The SMILES string of the molecule is C[NH+](C)C(=O)Cl.[Cl-]. The number of carbonyl (C=O) groups excluding carboxylic acids is 1. The maximum Gasteiger partial charge on any atom is 0.409 e. The van der Waals surface area contributed by atoms with Crippen molar-refractivity contribution in [1.29, 1.82) is 0 Å². The summed E-state index contributed by atoms with van der Waals surface area (Å²) >= 11 is 4.94. The van der Waals surface area contributed by atoms with Crippen LogP contribution in [0.3, 0.4) is 0 Å². The van der Waals surface area contributed by atoms with Gasteiger partial charge in [0.05, 0.1) is 14.1 Å². The Kier molecular flexibility index (Phi) is 6.40. The highest BCUT2D eigenvalue weighted by molar-refractivity contribution is 6.60. The summed E-state index contributed by atoms with van der Waals surface area (Å²) in [5.41, 5.74) is 0. The van der Waals surface area contributed by atoms with Crippen LogP contribution < -0.4 is 17.3 Å². The minimum atomic E-state index is -0.352. The first kappa shape index (κ1) is 10.2. The van der Waals surface area contributed by atoms with E-state index in [-0.39, 0.29) is 17.8 Å². The third kappa shape index (κ3) is 6.21. The highest BCUT2D eigenvalue weighted by atomic mass is 35.5. The molecule has 2 nitrogen and oxygen atoms in total. The van der Waals surface area contributed by atoms with Gasteiger partial charge in [0, 0.05) is 11.6 Å². The molecule has 44 valence electrons. The van der Waals surface area contributed by atoms with Crippen LogP contribution in [0.5, 0.6) is 0 Å². The van der Waals surface area contributed by atoms with Gasteiger partial charge in [0.2, 0.25) is 0 Å². The summed E-state index contributed by atoms with van der Waals surface area (Å²) in [7, 11) is 3.35. The van der Waals surface area contributed by atoms with Crippen molar-refractivity contribution in [3.05, 3.63) is 0 Å². The average molecular weight is 144 g/mol. The molecule has 0 unspecified atom stereocenters. The summed E-state index contributed by atoms with van der Waals surface area (Å²) in [5, 5.41) is -0.352. The van der Waals surface area contributed by atoms with E-state index in [2.05, 4.69) is 0 Å². The number of nitrogens with one attached hydrogen (secondary N) is 1. The van der Waals surface area contributed by atoms with Crippen molar-refractivity contribution in [2.45, 2.75) is 0 Å². The second-order valence-corrected chi connectivity index (χ2v) is 1.62. The van der Waals surface area contributed by atoms with E-state index in [0.717, 1.165) is 0 Å². The number of hydrogen-bond acceptors (Lipinski definition) is 1. The predicted molar refractivity (Wildman–Crippen MR) is 24.1 cm³/mol. The molecular formula is C3H7Cl2NO. The molecule has 0 aromatic carbocycles. The van der Waals surface area contributed by atoms with E-state index in [1.807, 2.05) is 0 Å². The molecule has 0 aliphatic carbocycles. The van der Waals surface area contributed by atoms with E-state index in [1.54, 1.807) is 14.1 Å². The molecule has 0 radical (unpaired) electrons. The highest BCUT2D eigenvalue weighted by Crippen LogP contribution is 1.63. The lowest BCUT2D eigenvalue weighted by molar-refractivity contribution is -0.762. The van der Waals surface area contributed by atoms with Crippen molar-refractivity contribution in [1.82, 2.24) is 0 Å². The molecule has 0 rings (SSSR count). The van der Waals surface area contributed by atoms with Crippen molar-refractivity contribution < 1.29 is 22.1 Å². The van der Waals surface area contributed by atoms with Crippen LogP contribution in [0.25, 0.3) is 0 Å². The Bertz CT molecular complexity index is 64.0. The first-order chi connectivity index (χ1) is 2.64. The van der Waals surface area contributed by atoms with E-state index < -0.39 is 0 Å². The number of quaternary nitrogens is 1. The Labute approximate surface area is 53.8 Å². The van der Waals surface area contributed by atoms with Gasteiger partial charge in [-0.25, -0.2) is 4.79 Å². The van der Waals surface area contributed by atoms with Crippen LogP contribution in [0.4, 0.5) is 4.79 Å². The number of rotatable bonds is 0. The van der Waals surface area contributed by atoms with Gasteiger partial charge >= 0.3 is 5.37 Å². The van der Waals surface area contributed by atoms with Crippen molar-refractivity contribution in [2.75, 3.05) is 14.1 Å². The lowest BCUT2D eigenvalue weighted by Crippen LogP contribution is -3.07. The zero-order chi connectivity index (χ0) is 5.15. The molecule has 1 amide bonds. The third-order valence-corrected chi connectivity index (χ3v) is 0.771. The van der Waals surface area contributed by atoms with Gasteiger partial charge in [-0.15, -0.1) is 0 Å². The number of halogens is 2. The van der Waals surface area contributed by atoms with Gasteiger partial charge in [-0.3, -0.25) is 4.90 Å². The Morgan fingerprint density at radius 2 is 1.71 bits per heavy atom. The summed E-state index contributed by atoms with van der Waals surface area (Å²) in [4.78, 5) is 10.5. The molecule has 0 aliphatic heterocycles. The Balaban J connectivity index is 0. The average Bonchev–Trinajstić information content (AvgIpc) is 1.36. The van der Waals surface area contributed by atoms with Gasteiger partial charge in [0.1, 0.15) is 0 Å². The molecule has 4 heteroatoms. The molecule has 1 N–H and O–H groups in total. The second kappa shape index (κ2) is 4.37. The predicted octanol–water partition coefficient (Wildman–Crippen LogP) is -3.51. The monoisotopic (exact) mass is 143 g/mol. The molecule has 0 aromatic heterocycles. The molecular weight excluding hydrogens is 137 g/mol. The molecule has 0 saturated carbocycles.